The summed E-state index contributed by atoms with van der Waals surface area (Å²) in [5.41, 5.74) is 1.32. The van der Waals surface area contributed by atoms with E-state index in [0.29, 0.717) is 11.4 Å². The van der Waals surface area contributed by atoms with E-state index in [1.807, 2.05) is 18.2 Å². The van der Waals surface area contributed by atoms with E-state index in [0.717, 1.165) is 5.56 Å². The minimum Gasteiger partial charge on any atom is -0.463 e. The predicted octanol–water partition coefficient (Wildman–Crippen LogP) is 1.95. The number of carbonyl (C=O) groups excluding carboxylic acids is 3. The van der Waals surface area contributed by atoms with Crippen LogP contribution in [0.15, 0.2) is 35.5 Å². The van der Waals surface area contributed by atoms with Crippen molar-refractivity contribution in [3.63, 3.8) is 0 Å². The monoisotopic (exact) mass is 366 g/mol. The summed E-state index contributed by atoms with van der Waals surface area (Å²) in [5.74, 6) is -1.01. The van der Waals surface area contributed by atoms with Crippen molar-refractivity contribution in [1.82, 2.24) is 10.6 Å². The Kier molecular flexibility index (Phi) is 6.82. The Bertz CT molecular complexity index is 702. The van der Waals surface area contributed by atoms with Gasteiger partial charge in [-0.1, -0.05) is 29.8 Å². The van der Waals surface area contributed by atoms with Gasteiger partial charge in [-0.05, 0) is 25.0 Å². The predicted molar refractivity (Wildman–Crippen MR) is 90.9 cm³/mol. The van der Waals surface area contributed by atoms with Crippen LogP contribution in [0, 0.1) is 0 Å². The first-order valence-corrected chi connectivity index (χ1v) is 8.22. The topological polar surface area (TPSA) is 93.7 Å². The van der Waals surface area contributed by atoms with Crippen molar-refractivity contribution < 1.29 is 23.9 Å². The number of aryl methyl sites for hydroxylation is 1. The van der Waals surface area contributed by atoms with Crippen LogP contribution in [0.4, 0.5) is 4.79 Å². The molecule has 1 aromatic rings. The van der Waals surface area contributed by atoms with Crippen LogP contribution in [0.25, 0.3) is 0 Å². The van der Waals surface area contributed by atoms with Crippen molar-refractivity contribution in [2.24, 2.45) is 0 Å². The fraction of sp³-hybridized carbons (Fsp3) is 0.353. The van der Waals surface area contributed by atoms with Gasteiger partial charge in [-0.25, -0.2) is 9.59 Å². The number of nitrogens with one attached hydrogen (secondary N) is 2. The molecule has 0 aromatic heterocycles. The summed E-state index contributed by atoms with van der Waals surface area (Å²) >= 11 is 6.04. The average molecular weight is 367 g/mol. The van der Waals surface area contributed by atoms with Crippen molar-refractivity contribution in [3.05, 3.63) is 46.1 Å². The van der Waals surface area contributed by atoms with E-state index in [1.54, 1.807) is 13.0 Å². The molecule has 1 aliphatic heterocycles. The Balaban J connectivity index is 1.92. The van der Waals surface area contributed by atoms with Crippen LogP contribution in [0.3, 0.4) is 0 Å². The molecular weight excluding hydrogens is 348 g/mol. The van der Waals surface area contributed by atoms with Crippen LogP contribution in [0.2, 0.25) is 5.02 Å². The van der Waals surface area contributed by atoms with Crippen molar-refractivity contribution >= 4 is 29.6 Å². The highest BCUT2D eigenvalue weighted by Crippen LogP contribution is 2.17. The molecule has 0 atom stereocenters. The van der Waals surface area contributed by atoms with Gasteiger partial charge >= 0.3 is 18.0 Å². The van der Waals surface area contributed by atoms with Crippen LogP contribution < -0.4 is 10.6 Å². The summed E-state index contributed by atoms with van der Waals surface area (Å²) in [6.07, 6.45) is 0.578. The lowest BCUT2D eigenvalue weighted by atomic mass is 10.1. The molecule has 0 aliphatic carbocycles. The number of carbonyl (C=O) groups is 3. The third kappa shape index (κ3) is 5.49. The molecule has 0 fully saturated rings. The van der Waals surface area contributed by atoms with E-state index in [2.05, 4.69) is 10.6 Å². The molecule has 1 aliphatic rings. The SMILES string of the molecule is CCOC(=O)C1=C(COC(=O)CCc2ccccc2Cl)NC(=O)NC1. The molecule has 2 amide bonds. The first-order valence-electron chi connectivity index (χ1n) is 7.84. The molecule has 1 heterocycles. The van der Waals surface area contributed by atoms with E-state index in [-0.39, 0.29) is 37.4 Å². The van der Waals surface area contributed by atoms with Crippen LogP contribution in [0.5, 0.6) is 0 Å². The number of hydrogen-bond acceptors (Lipinski definition) is 5. The van der Waals surface area contributed by atoms with Gasteiger partial charge in [-0.2, -0.15) is 0 Å². The number of rotatable bonds is 7. The molecule has 0 spiro atoms. The van der Waals surface area contributed by atoms with E-state index in [4.69, 9.17) is 21.1 Å². The van der Waals surface area contributed by atoms with E-state index in [9.17, 15) is 14.4 Å². The molecule has 2 rings (SSSR count). The van der Waals surface area contributed by atoms with Crippen molar-refractivity contribution in [1.29, 1.82) is 0 Å². The maximum atomic E-state index is 11.9. The van der Waals surface area contributed by atoms with Gasteiger partial charge < -0.3 is 20.1 Å². The van der Waals surface area contributed by atoms with Crippen LogP contribution in [0.1, 0.15) is 18.9 Å². The van der Waals surface area contributed by atoms with Gasteiger partial charge in [-0.3, -0.25) is 4.79 Å². The first kappa shape index (κ1) is 18.8. The third-order valence-corrected chi connectivity index (χ3v) is 3.88. The molecule has 0 unspecified atom stereocenters. The lowest BCUT2D eigenvalue weighted by Gasteiger charge is -2.21. The molecule has 7 nitrogen and oxygen atoms in total. The first-order chi connectivity index (χ1) is 12.0. The Hall–Kier alpha value is -2.54. The van der Waals surface area contributed by atoms with Gasteiger partial charge in [0.2, 0.25) is 0 Å². The van der Waals surface area contributed by atoms with Crippen molar-refractivity contribution in [2.75, 3.05) is 19.8 Å². The van der Waals surface area contributed by atoms with E-state index < -0.39 is 18.0 Å². The molecule has 0 saturated carbocycles. The summed E-state index contributed by atoms with van der Waals surface area (Å²) in [6.45, 7) is 1.71. The highest BCUT2D eigenvalue weighted by molar-refractivity contribution is 6.31. The molecule has 8 heteroatoms. The maximum absolute atomic E-state index is 11.9. The lowest BCUT2D eigenvalue weighted by Crippen LogP contribution is -2.45. The number of esters is 2. The number of ether oxygens (including phenoxy) is 2. The van der Waals surface area contributed by atoms with Crippen LogP contribution in [-0.4, -0.2) is 37.7 Å². The second-order valence-electron chi connectivity index (χ2n) is 5.24. The highest BCUT2D eigenvalue weighted by atomic mass is 35.5. The summed E-state index contributed by atoms with van der Waals surface area (Å²) < 4.78 is 10.1. The summed E-state index contributed by atoms with van der Waals surface area (Å²) in [4.78, 5) is 35.2. The molecule has 0 radical (unpaired) electrons. The number of hydrogen-bond donors (Lipinski definition) is 2. The number of amides is 2. The number of urea groups is 1. The van der Waals surface area contributed by atoms with Gasteiger partial charge in [-0.15, -0.1) is 0 Å². The summed E-state index contributed by atoms with van der Waals surface area (Å²) in [5, 5.41) is 5.54. The van der Waals surface area contributed by atoms with Gasteiger partial charge in [0.25, 0.3) is 0 Å². The van der Waals surface area contributed by atoms with Gasteiger partial charge in [0.15, 0.2) is 0 Å². The standard InChI is InChI=1S/C17H19ClN2O5/c1-2-24-16(22)12-9-19-17(23)20-14(12)10-25-15(21)8-7-11-5-3-4-6-13(11)18/h3-6H,2,7-10H2,1H3,(H2,19,20,23). The molecule has 25 heavy (non-hydrogen) atoms. The Morgan fingerprint density at radius 3 is 2.72 bits per heavy atom. The fourth-order valence-electron chi connectivity index (χ4n) is 2.23. The zero-order valence-corrected chi connectivity index (χ0v) is 14.5. The van der Waals surface area contributed by atoms with E-state index >= 15 is 0 Å². The molecule has 1 aromatic carbocycles. The van der Waals surface area contributed by atoms with Crippen molar-refractivity contribution in [3.8, 4) is 0 Å². The summed E-state index contributed by atoms with van der Waals surface area (Å²) in [7, 11) is 0. The minimum atomic E-state index is -0.558. The molecule has 0 bridgehead atoms. The average Bonchev–Trinajstić information content (AvgIpc) is 2.59. The number of benzene rings is 1. The molecule has 134 valence electrons. The second-order valence-corrected chi connectivity index (χ2v) is 5.64. The zero-order chi connectivity index (χ0) is 18.2. The fourth-order valence-corrected chi connectivity index (χ4v) is 2.46. The lowest BCUT2D eigenvalue weighted by molar-refractivity contribution is -0.143. The Morgan fingerprint density at radius 2 is 2.00 bits per heavy atom. The Morgan fingerprint density at radius 1 is 1.24 bits per heavy atom. The highest BCUT2D eigenvalue weighted by Gasteiger charge is 2.24. The molecule has 0 saturated heterocycles. The van der Waals surface area contributed by atoms with Crippen LogP contribution in [-0.2, 0) is 25.5 Å². The zero-order valence-electron chi connectivity index (χ0n) is 13.8. The third-order valence-electron chi connectivity index (χ3n) is 3.51. The second kappa shape index (κ2) is 9.08. The molecule has 2 N–H and O–H groups in total. The summed E-state index contributed by atoms with van der Waals surface area (Å²) in [6, 6.07) is 6.78. The largest absolute Gasteiger partial charge is 0.463 e. The molecular formula is C17H19ClN2O5. The van der Waals surface area contributed by atoms with Crippen LogP contribution >= 0.6 is 11.6 Å². The minimum absolute atomic E-state index is 0.0250. The van der Waals surface area contributed by atoms with Crippen molar-refractivity contribution in [2.45, 2.75) is 19.8 Å². The van der Waals surface area contributed by atoms with Gasteiger partial charge in [0, 0.05) is 11.4 Å². The Labute approximate surface area is 150 Å². The van der Waals surface area contributed by atoms with E-state index in [1.165, 1.54) is 0 Å². The van der Waals surface area contributed by atoms with Gasteiger partial charge in [0.1, 0.15) is 6.61 Å². The van der Waals surface area contributed by atoms with Gasteiger partial charge in [0.05, 0.1) is 24.4 Å². The number of halogens is 1. The smallest absolute Gasteiger partial charge is 0.337 e. The maximum Gasteiger partial charge on any atom is 0.337 e. The normalized spacial score (nSPS) is 13.8. The quantitative estimate of drug-likeness (QED) is 0.719.